The first-order valence-corrected chi connectivity index (χ1v) is 9.34. The number of pyridine rings is 1. The Morgan fingerprint density at radius 2 is 1.74 bits per heavy atom. The fraction of sp³-hybridized carbons (Fsp3) is 0.381. The lowest BCUT2D eigenvalue weighted by Crippen LogP contribution is -2.38. The minimum atomic E-state index is -0.331. The van der Waals surface area contributed by atoms with E-state index < -0.39 is 0 Å². The van der Waals surface area contributed by atoms with Gasteiger partial charge in [0.15, 0.2) is 5.78 Å². The zero-order valence-corrected chi connectivity index (χ0v) is 15.2. The van der Waals surface area contributed by atoms with E-state index in [0.29, 0.717) is 12.0 Å². The Kier molecular flexibility index (Phi) is 6.65. The van der Waals surface area contributed by atoms with Crippen LogP contribution in [0.25, 0.3) is 0 Å². The highest BCUT2D eigenvalue weighted by Crippen LogP contribution is 2.20. The summed E-state index contributed by atoms with van der Waals surface area (Å²) in [5, 5.41) is 2.94. The molecule has 1 aliphatic heterocycles. The monoisotopic (exact) mass is 369 g/mol. The number of ketones is 1. The van der Waals surface area contributed by atoms with E-state index in [1.165, 1.54) is 24.3 Å². The third kappa shape index (κ3) is 5.69. The Hall–Kier alpha value is -2.60. The van der Waals surface area contributed by atoms with Crippen LogP contribution in [0, 0.1) is 11.7 Å². The SMILES string of the molecule is O=C(CCCN1CCC(C(=O)Nc2ccncc2)CC1)c1ccc(F)cc1. The molecule has 0 spiro atoms. The summed E-state index contributed by atoms with van der Waals surface area (Å²) in [6.45, 7) is 2.56. The minimum Gasteiger partial charge on any atom is -0.326 e. The molecule has 3 rings (SSSR count). The molecule has 0 atom stereocenters. The molecule has 6 heteroatoms. The minimum absolute atomic E-state index is 0.0234. The number of rotatable bonds is 7. The molecule has 0 bridgehead atoms. The third-order valence-electron chi connectivity index (χ3n) is 4.95. The van der Waals surface area contributed by atoms with Gasteiger partial charge in [0.1, 0.15) is 5.82 Å². The largest absolute Gasteiger partial charge is 0.326 e. The maximum atomic E-state index is 12.9. The number of nitrogens with one attached hydrogen (secondary N) is 1. The standard InChI is InChI=1S/C21H24FN3O2/c22-18-5-3-16(4-6-18)20(26)2-1-13-25-14-9-17(10-15-25)21(27)24-19-7-11-23-12-8-19/h3-8,11-12,17H,1-2,9-10,13-15H2,(H,23,24,27). The second-order valence-electron chi connectivity index (χ2n) is 6.87. The van der Waals surface area contributed by atoms with Crippen molar-refractivity contribution in [3.8, 4) is 0 Å². The number of piperidine rings is 1. The molecule has 1 N–H and O–H groups in total. The van der Waals surface area contributed by atoms with Gasteiger partial charge in [0, 0.05) is 36.0 Å². The van der Waals surface area contributed by atoms with Gasteiger partial charge in [-0.2, -0.15) is 0 Å². The Morgan fingerprint density at radius 3 is 2.41 bits per heavy atom. The number of carbonyl (C=O) groups excluding carboxylic acids is 2. The predicted octanol–water partition coefficient (Wildman–Crippen LogP) is 3.53. The van der Waals surface area contributed by atoms with E-state index in [9.17, 15) is 14.0 Å². The number of hydrogen-bond acceptors (Lipinski definition) is 4. The fourth-order valence-corrected chi connectivity index (χ4v) is 3.34. The lowest BCUT2D eigenvalue weighted by atomic mass is 9.95. The molecule has 27 heavy (non-hydrogen) atoms. The molecule has 142 valence electrons. The van der Waals surface area contributed by atoms with Gasteiger partial charge in [0.05, 0.1) is 0 Å². The second-order valence-corrected chi connectivity index (χ2v) is 6.87. The van der Waals surface area contributed by atoms with Crippen molar-refractivity contribution in [1.82, 2.24) is 9.88 Å². The number of nitrogens with zero attached hydrogens (tertiary/aromatic N) is 2. The number of likely N-dealkylation sites (tertiary alicyclic amines) is 1. The van der Waals surface area contributed by atoms with Crippen LogP contribution < -0.4 is 5.32 Å². The zero-order valence-electron chi connectivity index (χ0n) is 15.2. The van der Waals surface area contributed by atoms with Gasteiger partial charge in [-0.3, -0.25) is 14.6 Å². The number of benzene rings is 1. The van der Waals surface area contributed by atoms with Gasteiger partial charge in [-0.25, -0.2) is 4.39 Å². The molecule has 1 aromatic carbocycles. The number of Topliss-reactive ketones (excluding diaryl/α,β-unsaturated/α-hetero) is 1. The smallest absolute Gasteiger partial charge is 0.227 e. The van der Waals surface area contributed by atoms with Crippen molar-refractivity contribution in [2.75, 3.05) is 25.0 Å². The summed E-state index contributed by atoms with van der Waals surface area (Å²) in [5.74, 6) is -0.202. The van der Waals surface area contributed by atoms with Crippen molar-refractivity contribution in [1.29, 1.82) is 0 Å². The average Bonchev–Trinajstić information content (AvgIpc) is 2.69. The topological polar surface area (TPSA) is 62.3 Å². The van der Waals surface area contributed by atoms with E-state index >= 15 is 0 Å². The summed E-state index contributed by atoms with van der Waals surface area (Å²) in [4.78, 5) is 30.7. The van der Waals surface area contributed by atoms with Gasteiger partial charge in [0.2, 0.25) is 5.91 Å². The van der Waals surface area contributed by atoms with E-state index in [-0.39, 0.29) is 23.4 Å². The van der Waals surface area contributed by atoms with Gasteiger partial charge in [-0.15, -0.1) is 0 Å². The molecule has 2 heterocycles. The van der Waals surface area contributed by atoms with E-state index in [2.05, 4.69) is 15.2 Å². The first-order chi connectivity index (χ1) is 13.1. The highest BCUT2D eigenvalue weighted by Gasteiger charge is 2.24. The first-order valence-electron chi connectivity index (χ1n) is 9.34. The van der Waals surface area contributed by atoms with Crippen LogP contribution in [0.1, 0.15) is 36.0 Å². The summed E-state index contributed by atoms with van der Waals surface area (Å²) in [7, 11) is 0. The molecule has 1 aromatic heterocycles. The van der Waals surface area contributed by atoms with Crippen molar-refractivity contribution in [3.63, 3.8) is 0 Å². The second kappa shape index (κ2) is 9.37. The number of anilines is 1. The fourth-order valence-electron chi connectivity index (χ4n) is 3.34. The van der Waals surface area contributed by atoms with Crippen molar-refractivity contribution >= 4 is 17.4 Å². The van der Waals surface area contributed by atoms with E-state index in [4.69, 9.17) is 0 Å². The van der Waals surface area contributed by atoms with Crippen LogP contribution in [0.3, 0.4) is 0 Å². The van der Waals surface area contributed by atoms with Gasteiger partial charge in [-0.1, -0.05) is 0 Å². The number of aromatic nitrogens is 1. The number of halogens is 1. The van der Waals surface area contributed by atoms with Crippen molar-refractivity contribution in [3.05, 3.63) is 60.2 Å². The predicted molar refractivity (Wildman–Crippen MR) is 102 cm³/mol. The summed E-state index contributed by atoms with van der Waals surface area (Å²) in [6, 6.07) is 9.26. The summed E-state index contributed by atoms with van der Waals surface area (Å²) >= 11 is 0. The van der Waals surface area contributed by atoms with Crippen molar-refractivity contribution in [2.24, 2.45) is 5.92 Å². The summed E-state index contributed by atoms with van der Waals surface area (Å²) in [6.07, 6.45) is 6.18. The lowest BCUT2D eigenvalue weighted by Gasteiger charge is -2.31. The van der Waals surface area contributed by atoms with Crippen LogP contribution in [0.4, 0.5) is 10.1 Å². The quantitative estimate of drug-likeness (QED) is 0.759. The Balaban J connectivity index is 1.36. The molecule has 2 aromatic rings. The molecular weight excluding hydrogens is 345 g/mol. The summed E-state index contributed by atoms with van der Waals surface area (Å²) < 4.78 is 12.9. The molecule has 1 aliphatic rings. The number of amides is 1. The van der Waals surface area contributed by atoms with Crippen LogP contribution in [-0.2, 0) is 4.79 Å². The van der Waals surface area contributed by atoms with Gasteiger partial charge >= 0.3 is 0 Å². The van der Waals surface area contributed by atoms with Gasteiger partial charge in [-0.05, 0) is 75.3 Å². The molecule has 1 saturated heterocycles. The van der Waals surface area contributed by atoms with Crippen LogP contribution >= 0.6 is 0 Å². The van der Waals surface area contributed by atoms with E-state index in [0.717, 1.165) is 44.6 Å². The average molecular weight is 369 g/mol. The Morgan fingerprint density at radius 1 is 1.07 bits per heavy atom. The maximum Gasteiger partial charge on any atom is 0.227 e. The lowest BCUT2D eigenvalue weighted by molar-refractivity contribution is -0.121. The van der Waals surface area contributed by atoms with Crippen LogP contribution in [0.5, 0.6) is 0 Å². The highest BCUT2D eigenvalue weighted by molar-refractivity contribution is 5.96. The maximum absolute atomic E-state index is 12.9. The molecule has 0 saturated carbocycles. The van der Waals surface area contributed by atoms with E-state index in [1.54, 1.807) is 24.5 Å². The molecule has 0 radical (unpaired) electrons. The van der Waals surface area contributed by atoms with Gasteiger partial charge in [0.25, 0.3) is 0 Å². The van der Waals surface area contributed by atoms with Crippen LogP contribution in [0.15, 0.2) is 48.8 Å². The number of hydrogen-bond donors (Lipinski definition) is 1. The van der Waals surface area contributed by atoms with Gasteiger partial charge < -0.3 is 10.2 Å². The Bertz CT molecular complexity index is 757. The number of carbonyl (C=O) groups is 2. The van der Waals surface area contributed by atoms with E-state index in [1.807, 2.05) is 0 Å². The summed E-state index contributed by atoms with van der Waals surface area (Å²) in [5.41, 5.74) is 1.33. The molecular formula is C21H24FN3O2. The van der Waals surface area contributed by atoms with Crippen LogP contribution in [-0.4, -0.2) is 41.2 Å². The van der Waals surface area contributed by atoms with Crippen molar-refractivity contribution < 1.29 is 14.0 Å². The highest BCUT2D eigenvalue weighted by atomic mass is 19.1. The molecule has 0 aliphatic carbocycles. The first kappa shape index (κ1) is 19.2. The molecule has 1 fully saturated rings. The van der Waals surface area contributed by atoms with Crippen LogP contribution in [0.2, 0.25) is 0 Å². The zero-order chi connectivity index (χ0) is 19.1. The molecule has 0 unspecified atom stereocenters. The normalized spacial score (nSPS) is 15.4. The molecule has 5 nitrogen and oxygen atoms in total. The third-order valence-corrected chi connectivity index (χ3v) is 4.95. The Labute approximate surface area is 158 Å². The molecule has 1 amide bonds. The van der Waals surface area contributed by atoms with Crippen molar-refractivity contribution in [2.45, 2.75) is 25.7 Å².